The van der Waals surface area contributed by atoms with Crippen molar-refractivity contribution in [1.82, 2.24) is 15.5 Å². The molecule has 2 aliphatic heterocycles. The second kappa shape index (κ2) is 10.8. The van der Waals surface area contributed by atoms with Gasteiger partial charge in [-0.2, -0.15) is 0 Å². The molecule has 2 aliphatic rings. The second-order valence-corrected chi connectivity index (χ2v) is 6.15. The predicted octanol–water partition coefficient (Wildman–Crippen LogP) is 1.36. The molecule has 6 nitrogen and oxygen atoms in total. The summed E-state index contributed by atoms with van der Waals surface area (Å²) in [5, 5.41) is 5.78. The maximum Gasteiger partial charge on any atom is 0.314 e. The van der Waals surface area contributed by atoms with E-state index in [0.29, 0.717) is 19.8 Å². The molecule has 0 aromatic heterocycles. The number of carbonyl (C=O) groups is 1. The van der Waals surface area contributed by atoms with E-state index in [2.05, 4.69) is 15.5 Å². The van der Waals surface area contributed by atoms with E-state index in [1.54, 1.807) is 0 Å². The minimum absolute atomic E-state index is 0.0730. The van der Waals surface area contributed by atoms with Gasteiger partial charge in [-0.15, -0.1) is 0 Å². The van der Waals surface area contributed by atoms with E-state index < -0.39 is 0 Å². The zero-order valence-corrected chi connectivity index (χ0v) is 13.6. The molecular formula is C16H31N3O3. The Hall–Kier alpha value is -0.850. The van der Waals surface area contributed by atoms with Gasteiger partial charge in [-0.25, -0.2) is 4.79 Å². The Morgan fingerprint density at radius 3 is 2.73 bits per heavy atom. The van der Waals surface area contributed by atoms with Crippen molar-refractivity contribution in [2.24, 2.45) is 0 Å². The predicted molar refractivity (Wildman–Crippen MR) is 86.1 cm³/mol. The highest BCUT2D eigenvalue weighted by Crippen LogP contribution is 2.11. The summed E-state index contributed by atoms with van der Waals surface area (Å²) in [6.45, 7) is 6.90. The fraction of sp³-hybridized carbons (Fsp3) is 0.938. The first-order valence-corrected chi connectivity index (χ1v) is 8.78. The van der Waals surface area contributed by atoms with Crippen molar-refractivity contribution in [1.29, 1.82) is 0 Å². The molecule has 0 saturated carbocycles. The summed E-state index contributed by atoms with van der Waals surface area (Å²) in [5.74, 6) is 0. The molecule has 2 fully saturated rings. The Bertz CT molecular complexity index is 303. The molecule has 0 aromatic rings. The Morgan fingerprint density at radius 1 is 1.14 bits per heavy atom. The number of hydrogen-bond donors (Lipinski definition) is 2. The highest BCUT2D eigenvalue weighted by Gasteiger charge is 2.15. The minimum Gasteiger partial charge on any atom is -0.379 e. The lowest BCUT2D eigenvalue weighted by atomic mass is 10.1. The number of carbonyl (C=O) groups excluding carboxylic acids is 1. The number of nitrogens with one attached hydrogen (secondary N) is 2. The second-order valence-electron chi connectivity index (χ2n) is 6.15. The van der Waals surface area contributed by atoms with E-state index in [4.69, 9.17) is 9.47 Å². The summed E-state index contributed by atoms with van der Waals surface area (Å²) in [4.78, 5) is 14.0. The average molecular weight is 313 g/mol. The fourth-order valence-corrected chi connectivity index (χ4v) is 2.94. The molecular weight excluding hydrogens is 282 g/mol. The van der Waals surface area contributed by atoms with Gasteiger partial charge in [0.25, 0.3) is 0 Å². The highest BCUT2D eigenvalue weighted by atomic mass is 16.5. The van der Waals surface area contributed by atoms with Crippen LogP contribution < -0.4 is 10.6 Å². The molecule has 1 atom stereocenters. The third-order valence-corrected chi connectivity index (χ3v) is 4.24. The van der Waals surface area contributed by atoms with Crippen LogP contribution in [-0.2, 0) is 9.47 Å². The van der Waals surface area contributed by atoms with Gasteiger partial charge in [-0.1, -0.05) is 6.42 Å². The van der Waals surface area contributed by atoms with E-state index in [1.807, 2.05) is 0 Å². The van der Waals surface area contributed by atoms with Crippen LogP contribution in [0.25, 0.3) is 0 Å². The first kappa shape index (κ1) is 17.5. The van der Waals surface area contributed by atoms with Gasteiger partial charge < -0.3 is 25.0 Å². The smallest absolute Gasteiger partial charge is 0.314 e. The van der Waals surface area contributed by atoms with Gasteiger partial charge in [0.2, 0.25) is 0 Å². The first-order valence-electron chi connectivity index (χ1n) is 8.78. The lowest BCUT2D eigenvalue weighted by molar-refractivity contribution is 0.0168. The third kappa shape index (κ3) is 7.42. The monoisotopic (exact) mass is 313 g/mol. The number of urea groups is 1. The van der Waals surface area contributed by atoms with Crippen LogP contribution in [0.1, 0.15) is 38.5 Å². The summed E-state index contributed by atoms with van der Waals surface area (Å²) in [6.07, 6.45) is 7.30. The highest BCUT2D eigenvalue weighted by molar-refractivity contribution is 5.73. The molecule has 2 amide bonds. The Morgan fingerprint density at radius 2 is 1.95 bits per heavy atom. The first-order chi connectivity index (χ1) is 10.8. The maximum absolute atomic E-state index is 11.6. The number of ether oxygens (including phenoxy) is 2. The van der Waals surface area contributed by atoms with Crippen LogP contribution in [0.4, 0.5) is 4.79 Å². The summed E-state index contributed by atoms with van der Waals surface area (Å²) >= 11 is 0. The number of amides is 2. The van der Waals surface area contributed by atoms with Crippen LogP contribution in [0.5, 0.6) is 0 Å². The topological polar surface area (TPSA) is 62.8 Å². The molecule has 6 heteroatoms. The zero-order valence-electron chi connectivity index (χ0n) is 13.6. The maximum atomic E-state index is 11.6. The number of rotatable bonds is 9. The molecule has 0 aromatic carbocycles. The SMILES string of the molecule is O=C(NCCCOCC1CCCO1)NCCN1CCCCC1. The van der Waals surface area contributed by atoms with Crippen LogP contribution in [0, 0.1) is 0 Å². The van der Waals surface area contributed by atoms with E-state index in [1.165, 1.54) is 32.4 Å². The zero-order chi connectivity index (χ0) is 15.5. The largest absolute Gasteiger partial charge is 0.379 e. The van der Waals surface area contributed by atoms with Crippen LogP contribution in [0.15, 0.2) is 0 Å². The van der Waals surface area contributed by atoms with Crippen molar-refractivity contribution in [3.8, 4) is 0 Å². The molecule has 0 bridgehead atoms. The summed E-state index contributed by atoms with van der Waals surface area (Å²) in [7, 11) is 0. The van der Waals surface area contributed by atoms with Gasteiger partial charge in [-0.05, 0) is 45.2 Å². The van der Waals surface area contributed by atoms with Crippen LogP contribution in [0.2, 0.25) is 0 Å². The number of nitrogens with zero attached hydrogens (tertiary/aromatic N) is 1. The molecule has 1 unspecified atom stereocenters. The quantitative estimate of drug-likeness (QED) is 0.631. The minimum atomic E-state index is -0.0730. The summed E-state index contributed by atoms with van der Waals surface area (Å²) in [6, 6.07) is -0.0730. The standard InChI is InChI=1S/C16H31N3O3/c20-16(18-8-11-19-9-2-1-3-10-19)17-7-5-12-21-14-15-6-4-13-22-15/h15H,1-14H2,(H2,17,18,20). The number of hydrogen-bond acceptors (Lipinski definition) is 4. The number of likely N-dealkylation sites (tertiary alicyclic amines) is 1. The van der Waals surface area contributed by atoms with Crippen LogP contribution in [0.3, 0.4) is 0 Å². The van der Waals surface area contributed by atoms with Crippen molar-refractivity contribution in [3.05, 3.63) is 0 Å². The third-order valence-electron chi connectivity index (χ3n) is 4.24. The normalized spacial score (nSPS) is 22.6. The molecule has 0 radical (unpaired) electrons. The molecule has 0 spiro atoms. The molecule has 22 heavy (non-hydrogen) atoms. The fourth-order valence-electron chi connectivity index (χ4n) is 2.94. The molecule has 0 aliphatic carbocycles. The van der Waals surface area contributed by atoms with Crippen LogP contribution >= 0.6 is 0 Å². The van der Waals surface area contributed by atoms with Crippen molar-refractivity contribution in [2.75, 3.05) is 52.5 Å². The van der Waals surface area contributed by atoms with Crippen molar-refractivity contribution >= 4 is 6.03 Å². The van der Waals surface area contributed by atoms with E-state index in [0.717, 1.165) is 39.0 Å². The van der Waals surface area contributed by atoms with E-state index in [9.17, 15) is 4.79 Å². The molecule has 2 rings (SSSR count). The van der Waals surface area contributed by atoms with Crippen molar-refractivity contribution in [2.45, 2.75) is 44.6 Å². The number of piperidine rings is 1. The molecule has 2 saturated heterocycles. The molecule has 2 heterocycles. The Kier molecular flexibility index (Phi) is 8.60. The Balaban J connectivity index is 1.36. The van der Waals surface area contributed by atoms with Gasteiger partial charge in [0.1, 0.15) is 0 Å². The van der Waals surface area contributed by atoms with Crippen molar-refractivity contribution < 1.29 is 14.3 Å². The Labute approximate surface area is 133 Å². The van der Waals surface area contributed by atoms with Crippen LogP contribution in [-0.4, -0.2) is 69.6 Å². The van der Waals surface area contributed by atoms with Crippen molar-refractivity contribution in [3.63, 3.8) is 0 Å². The summed E-state index contributed by atoms with van der Waals surface area (Å²) in [5.41, 5.74) is 0. The molecule has 2 N–H and O–H groups in total. The van der Waals surface area contributed by atoms with Gasteiger partial charge in [0.05, 0.1) is 12.7 Å². The summed E-state index contributed by atoms with van der Waals surface area (Å²) < 4.78 is 11.0. The van der Waals surface area contributed by atoms with Gasteiger partial charge in [-0.3, -0.25) is 0 Å². The average Bonchev–Trinajstić information content (AvgIpc) is 3.05. The van der Waals surface area contributed by atoms with Gasteiger partial charge in [0, 0.05) is 32.8 Å². The van der Waals surface area contributed by atoms with Gasteiger partial charge in [0.15, 0.2) is 0 Å². The van der Waals surface area contributed by atoms with Gasteiger partial charge >= 0.3 is 6.03 Å². The lowest BCUT2D eigenvalue weighted by Gasteiger charge is -2.26. The van der Waals surface area contributed by atoms with E-state index >= 15 is 0 Å². The van der Waals surface area contributed by atoms with E-state index in [-0.39, 0.29) is 12.1 Å². The molecule has 128 valence electrons. The lowest BCUT2D eigenvalue weighted by Crippen LogP contribution is -2.42.